The summed E-state index contributed by atoms with van der Waals surface area (Å²) >= 11 is 0. The highest BCUT2D eigenvalue weighted by Gasteiger charge is 2.00. The molecule has 0 aliphatic heterocycles. The van der Waals surface area contributed by atoms with Crippen LogP contribution in [0.2, 0.25) is 0 Å². The Balaban J connectivity index is 3.21. The van der Waals surface area contributed by atoms with Gasteiger partial charge in [-0.3, -0.25) is 4.79 Å². The molecule has 0 spiro atoms. The van der Waals surface area contributed by atoms with Crippen molar-refractivity contribution in [3.05, 3.63) is 0 Å². The lowest BCUT2D eigenvalue weighted by molar-refractivity contribution is -0.137. The highest BCUT2D eigenvalue weighted by atomic mass is 16.4. The maximum Gasteiger partial charge on any atom is 0.314 e. The van der Waals surface area contributed by atoms with Gasteiger partial charge >= 0.3 is 12.0 Å². The van der Waals surface area contributed by atoms with Crippen LogP contribution in [0.15, 0.2) is 0 Å². The first kappa shape index (κ1) is 14.7. The van der Waals surface area contributed by atoms with Gasteiger partial charge < -0.3 is 21.1 Å². The van der Waals surface area contributed by atoms with E-state index in [1.54, 1.807) is 0 Å². The fourth-order valence-corrected chi connectivity index (χ4v) is 1.10. The van der Waals surface area contributed by atoms with Crippen LogP contribution in [0, 0.1) is 0 Å². The monoisotopic (exact) mass is 231 g/mol. The quantitative estimate of drug-likeness (QED) is 0.425. The van der Waals surface area contributed by atoms with Crippen LogP contribution in [0.3, 0.4) is 0 Å². The van der Waals surface area contributed by atoms with Crippen LogP contribution in [0.25, 0.3) is 0 Å². The van der Waals surface area contributed by atoms with E-state index in [0.717, 1.165) is 19.5 Å². The van der Waals surface area contributed by atoms with Gasteiger partial charge in [0, 0.05) is 19.5 Å². The zero-order valence-electron chi connectivity index (χ0n) is 9.71. The SMILES string of the molecule is CCNCCCNC(=O)NCCCC(=O)O. The highest BCUT2D eigenvalue weighted by molar-refractivity contribution is 5.73. The number of urea groups is 1. The van der Waals surface area contributed by atoms with Crippen LogP contribution in [0.4, 0.5) is 4.79 Å². The van der Waals surface area contributed by atoms with Gasteiger partial charge in [-0.2, -0.15) is 0 Å². The molecule has 0 atom stereocenters. The predicted molar refractivity (Wildman–Crippen MR) is 61.4 cm³/mol. The minimum Gasteiger partial charge on any atom is -0.481 e. The molecule has 6 heteroatoms. The maximum atomic E-state index is 11.1. The summed E-state index contributed by atoms with van der Waals surface area (Å²) in [7, 11) is 0. The van der Waals surface area contributed by atoms with Gasteiger partial charge in [-0.25, -0.2) is 4.79 Å². The predicted octanol–water partition coefficient (Wildman–Crippen LogP) is 0.150. The molecule has 6 nitrogen and oxygen atoms in total. The average Bonchev–Trinajstić information content (AvgIpc) is 2.24. The van der Waals surface area contributed by atoms with E-state index in [-0.39, 0.29) is 12.5 Å². The third-order valence-corrected chi connectivity index (χ3v) is 1.92. The number of amides is 2. The average molecular weight is 231 g/mol. The summed E-state index contributed by atoms with van der Waals surface area (Å²) in [6.07, 6.45) is 1.43. The largest absolute Gasteiger partial charge is 0.481 e. The molecule has 0 aliphatic rings. The summed E-state index contributed by atoms with van der Waals surface area (Å²) in [6.45, 7) is 4.86. The van der Waals surface area contributed by atoms with Crippen molar-refractivity contribution < 1.29 is 14.7 Å². The lowest BCUT2D eigenvalue weighted by Crippen LogP contribution is -2.37. The van der Waals surface area contributed by atoms with Crippen LogP contribution in [0.5, 0.6) is 0 Å². The normalized spacial score (nSPS) is 9.81. The molecule has 0 bridgehead atoms. The number of carbonyl (C=O) groups excluding carboxylic acids is 1. The van der Waals surface area contributed by atoms with E-state index >= 15 is 0 Å². The summed E-state index contributed by atoms with van der Waals surface area (Å²) in [5.74, 6) is -0.840. The lowest BCUT2D eigenvalue weighted by atomic mass is 10.3. The Hall–Kier alpha value is -1.30. The summed E-state index contributed by atoms with van der Waals surface area (Å²) in [6, 6.07) is -0.234. The molecule has 0 aromatic carbocycles. The lowest BCUT2D eigenvalue weighted by Gasteiger charge is -2.06. The molecule has 0 aromatic heterocycles. The minimum absolute atomic E-state index is 0.0840. The highest BCUT2D eigenvalue weighted by Crippen LogP contribution is 1.85. The molecule has 0 rings (SSSR count). The third-order valence-electron chi connectivity index (χ3n) is 1.92. The van der Waals surface area contributed by atoms with Gasteiger partial charge in [-0.15, -0.1) is 0 Å². The molecule has 4 N–H and O–H groups in total. The molecule has 0 aliphatic carbocycles. The van der Waals surface area contributed by atoms with E-state index in [1.165, 1.54) is 0 Å². The number of hydrogen-bond acceptors (Lipinski definition) is 3. The fourth-order valence-electron chi connectivity index (χ4n) is 1.10. The molecule has 0 fully saturated rings. The summed E-state index contributed by atoms with van der Waals surface area (Å²) in [5, 5.41) is 16.8. The van der Waals surface area contributed by atoms with Crippen molar-refractivity contribution in [1.82, 2.24) is 16.0 Å². The standard InChI is InChI=1S/C10H21N3O3/c1-2-11-6-4-8-13-10(16)12-7-3-5-9(14)15/h11H,2-8H2,1H3,(H,14,15)(H2,12,13,16). The number of hydrogen-bond donors (Lipinski definition) is 4. The Kier molecular flexibility index (Phi) is 9.39. The second-order valence-electron chi connectivity index (χ2n) is 3.39. The van der Waals surface area contributed by atoms with Crippen molar-refractivity contribution >= 4 is 12.0 Å². The Labute approximate surface area is 95.8 Å². The molecule has 94 valence electrons. The molecular formula is C10H21N3O3. The van der Waals surface area contributed by atoms with Crippen molar-refractivity contribution in [1.29, 1.82) is 0 Å². The number of carbonyl (C=O) groups is 2. The van der Waals surface area contributed by atoms with Gasteiger partial charge in [0.1, 0.15) is 0 Å². The Morgan fingerprint density at radius 1 is 1.06 bits per heavy atom. The second kappa shape index (κ2) is 10.2. The number of nitrogens with one attached hydrogen (secondary N) is 3. The topological polar surface area (TPSA) is 90.5 Å². The van der Waals surface area contributed by atoms with E-state index in [4.69, 9.17) is 5.11 Å². The Morgan fingerprint density at radius 3 is 2.25 bits per heavy atom. The molecule has 0 saturated heterocycles. The van der Waals surface area contributed by atoms with Crippen LogP contribution in [-0.2, 0) is 4.79 Å². The van der Waals surface area contributed by atoms with Gasteiger partial charge in [-0.1, -0.05) is 6.92 Å². The molecule has 2 amide bonds. The maximum absolute atomic E-state index is 11.1. The zero-order chi connectivity index (χ0) is 12.2. The first-order valence-corrected chi connectivity index (χ1v) is 5.61. The molecular weight excluding hydrogens is 210 g/mol. The first-order valence-electron chi connectivity index (χ1n) is 5.61. The first-order chi connectivity index (χ1) is 7.66. The van der Waals surface area contributed by atoms with E-state index in [0.29, 0.717) is 19.5 Å². The van der Waals surface area contributed by atoms with Crippen LogP contribution >= 0.6 is 0 Å². The van der Waals surface area contributed by atoms with Crippen molar-refractivity contribution in [2.75, 3.05) is 26.2 Å². The number of carboxylic acids is 1. The second-order valence-corrected chi connectivity index (χ2v) is 3.39. The fraction of sp³-hybridized carbons (Fsp3) is 0.800. The summed E-state index contributed by atoms with van der Waals surface area (Å²) < 4.78 is 0. The van der Waals surface area contributed by atoms with E-state index in [1.807, 2.05) is 6.92 Å². The van der Waals surface area contributed by atoms with Gasteiger partial charge in [-0.05, 0) is 25.9 Å². The van der Waals surface area contributed by atoms with E-state index < -0.39 is 5.97 Å². The van der Waals surface area contributed by atoms with E-state index in [2.05, 4.69) is 16.0 Å². The van der Waals surface area contributed by atoms with Gasteiger partial charge in [0.25, 0.3) is 0 Å². The summed E-state index contributed by atoms with van der Waals surface area (Å²) in [5.41, 5.74) is 0. The Bertz CT molecular complexity index is 209. The third kappa shape index (κ3) is 10.8. The van der Waals surface area contributed by atoms with Crippen LogP contribution in [-0.4, -0.2) is 43.3 Å². The van der Waals surface area contributed by atoms with Crippen molar-refractivity contribution in [3.8, 4) is 0 Å². The van der Waals surface area contributed by atoms with E-state index in [9.17, 15) is 9.59 Å². The van der Waals surface area contributed by atoms with Crippen molar-refractivity contribution in [2.24, 2.45) is 0 Å². The molecule has 0 radical (unpaired) electrons. The van der Waals surface area contributed by atoms with Crippen LogP contribution in [0.1, 0.15) is 26.2 Å². The summed E-state index contributed by atoms with van der Waals surface area (Å²) in [4.78, 5) is 21.3. The molecule has 0 unspecified atom stereocenters. The van der Waals surface area contributed by atoms with Gasteiger partial charge in [0.2, 0.25) is 0 Å². The Morgan fingerprint density at radius 2 is 1.69 bits per heavy atom. The van der Waals surface area contributed by atoms with Crippen molar-refractivity contribution in [2.45, 2.75) is 26.2 Å². The molecule has 0 aromatic rings. The van der Waals surface area contributed by atoms with Gasteiger partial charge in [0.15, 0.2) is 0 Å². The zero-order valence-corrected chi connectivity index (χ0v) is 9.71. The smallest absolute Gasteiger partial charge is 0.314 e. The number of carboxylic acid groups (broad SMARTS) is 1. The van der Waals surface area contributed by atoms with Gasteiger partial charge in [0.05, 0.1) is 0 Å². The molecule has 16 heavy (non-hydrogen) atoms. The molecule has 0 heterocycles. The molecule has 0 saturated carbocycles. The number of rotatable bonds is 9. The van der Waals surface area contributed by atoms with Crippen LogP contribution < -0.4 is 16.0 Å². The van der Waals surface area contributed by atoms with Crippen molar-refractivity contribution in [3.63, 3.8) is 0 Å². The minimum atomic E-state index is -0.840. The number of aliphatic carboxylic acids is 1.